The van der Waals surface area contributed by atoms with E-state index in [0.29, 0.717) is 35.5 Å². The molecule has 4 heterocycles. The lowest BCUT2D eigenvalue weighted by Crippen LogP contribution is -2.52. The molecule has 3 aromatic carbocycles. The summed E-state index contributed by atoms with van der Waals surface area (Å²) in [5.41, 5.74) is 15.8. The molecule has 2 saturated heterocycles. The van der Waals surface area contributed by atoms with E-state index in [4.69, 9.17) is 19.4 Å². The second-order valence-electron chi connectivity index (χ2n) is 23.2. The molecule has 14 heteroatoms. The van der Waals surface area contributed by atoms with Crippen molar-refractivity contribution in [1.29, 1.82) is 0 Å². The van der Waals surface area contributed by atoms with Gasteiger partial charge in [0.15, 0.2) is 0 Å². The number of aromatic nitrogens is 4. The average Bonchev–Trinajstić information content (AvgIpc) is 4.02. The Morgan fingerprint density at radius 2 is 0.931 bits per heavy atom. The van der Waals surface area contributed by atoms with Crippen LogP contribution in [0, 0.1) is 23.7 Å². The first kappa shape index (κ1) is 45.4. The summed E-state index contributed by atoms with van der Waals surface area (Å²) in [6, 6.07) is 17.2. The predicted octanol–water partition coefficient (Wildman–Crippen LogP) is 10.6. The second-order valence-corrected chi connectivity index (χ2v) is 23.2. The van der Waals surface area contributed by atoms with Crippen LogP contribution in [0.25, 0.3) is 44.8 Å². The number of piperidine rings is 2. The van der Waals surface area contributed by atoms with Crippen LogP contribution in [0.15, 0.2) is 60.9 Å². The van der Waals surface area contributed by atoms with Gasteiger partial charge in [-0.15, -0.1) is 0 Å². The molecule has 0 spiro atoms. The number of alkyl carbamates (subject to hydrolysis) is 2. The van der Waals surface area contributed by atoms with Gasteiger partial charge in [-0.25, -0.2) is 19.6 Å². The van der Waals surface area contributed by atoms with E-state index in [1.165, 1.54) is 91.7 Å². The highest BCUT2D eigenvalue weighted by Crippen LogP contribution is 2.63. The molecule has 4 bridgehead atoms. The monoisotopic (exact) mass is 971 g/mol. The zero-order valence-corrected chi connectivity index (χ0v) is 42.2. The summed E-state index contributed by atoms with van der Waals surface area (Å²) in [7, 11) is 2.65. The molecule has 5 aromatic rings. The van der Waals surface area contributed by atoms with Crippen molar-refractivity contribution in [2.24, 2.45) is 23.7 Å². The molecule has 0 radical (unpaired) electrons. The van der Waals surface area contributed by atoms with Gasteiger partial charge in [-0.3, -0.25) is 9.59 Å². The lowest BCUT2D eigenvalue weighted by atomic mass is 9.77. The molecule has 14 nitrogen and oxygen atoms in total. The molecule has 2 aromatic heterocycles. The summed E-state index contributed by atoms with van der Waals surface area (Å²) >= 11 is 0. The van der Waals surface area contributed by atoms with Gasteiger partial charge in [0.2, 0.25) is 11.8 Å². The first-order chi connectivity index (χ1) is 34.9. The number of ether oxygens (including phenoxy) is 2. The summed E-state index contributed by atoms with van der Waals surface area (Å²) < 4.78 is 9.75. The summed E-state index contributed by atoms with van der Waals surface area (Å²) in [5.74, 6) is 4.38. The molecule has 4 saturated carbocycles. The molecule has 374 valence electrons. The maximum atomic E-state index is 14.2. The first-order valence-electron chi connectivity index (χ1n) is 26.8. The standard InChI is InChI=1S/C58H66N8O6/c1-27(2)51(63-57(69)71-5)55(67)65-43-21-35(43)23-45(65)53-59-25-41(61-53)30-9-7-29(8-10-30)37-15-16-38(48-32-12-11-31(19-32)47(37)48)39-17-18-40(50-34-14-13-33(20-34)49(39)50)42-26-60-54(62-42)46-24-36-22-44(36)66(46)56(68)52(28(3)4)64-58(70)72-6/h7-10,15-18,25-28,31-36,43-46,51-52H,11-14,19-24H2,1-6H3,(H,59,61)(H,60,62)(H,63,69)(H,64,70)/t31?,32?,33?,34?,35?,36?,43?,44?,45-,46-,51-,52-/m0/s1. The van der Waals surface area contributed by atoms with E-state index in [2.05, 4.69) is 69.1 Å². The minimum Gasteiger partial charge on any atom is -0.453 e. The lowest BCUT2D eigenvalue weighted by molar-refractivity contribution is -0.137. The number of nitrogens with one attached hydrogen (secondary N) is 4. The smallest absolute Gasteiger partial charge is 0.407 e. The number of likely N-dealkylation sites (tertiary alicyclic amines) is 2. The summed E-state index contributed by atoms with van der Waals surface area (Å²) in [5, 5.41) is 5.59. The van der Waals surface area contributed by atoms with Gasteiger partial charge < -0.3 is 39.9 Å². The van der Waals surface area contributed by atoms with Crippen LogP contribution in [0.2, 0.25) is 0 Å². The van der Waals surface area contributed by atoms with Crippen LogP contribution >= 0.6 is 0 Å². The average molecular weight is 971 g/mol. The Morgan fingerprint density at radius 3 is 1.40 bits per heavy atom. The number of H-pyrrole nitrogens is 2. The molecule has 72 heavy (non-hydrogen) atoms. The third-order valence-corrected chi connectivity index (χ3v) is 18.5. The number of fused-ring (bicyclic) bond motifs is 12. The van der Waals surface area contributed by atoms with Crippen molar-refractivity contribution in [2.75, 3.05) is 14.2 Å². The fourth-order valence-corrected chi connectivity index (χ4v) is 14.9. The molecule has 6 aliphatic carbocycles. The molecule has 4 amide bonds. The highest BCUT2D eigenvalue weighted by Gasteiger charge is 2.58. The van der Waals surface area contributed by atoms with Crippen molar-refractivity contribution in [1.82, 2.24) is 40.4 Å². The van der Waals surface area contributed by atoms with E-state index >= 15 is 0 Å². The van der Waals surface area contributed by atoms with Gasteiger partial charge >= 0.3 is 12.2 Å². The third-order valence-electron chi connectivity index (χ3n) is 18.5. The fourth-order valence-electron chi connectivity index (χ4n) is 14.9. The molecular formula is C58H66N8O6. The Bertz CT molecular complexity index is 3030. The van der Waals surface area contributed by atoms with Gasteiger partial charge in [0.1, 0.15) is 23.7 Å². The number of hydrogen-bond donors (Lipinski definition) is 4. The fraction of sp³-hybridized carbons (Fsp3) is 0.517. The molecule has 13 rings (SSSR count). The van der Waals surface area contributed by atoms with Crippen LogP contribution in [0.5, 0.6) is 0 Å². The number of rotatable bonds is 12. The van der Waals surface area contributed by atoms with Gasteiger partial charge in [0.25, 0.3) is 0 Å². The van der Waals surface area contributed by atoms with Crippen molar-refractivity contribution in [2.45, 2.75) is 152 Å². The zero-order chi connectivity index (χ0) is 49.4. The normalized spacial score (nSPS) is 28.4. The van der Waals surface area contributed by atoms with Crippen molar-refractivity contribution >= 4 is 24.0 Å². The Labute approximate surface area is 420 Å². The Kier molecular flexibility index (Phi) is 10.8. The highest BCUT2D eigenvalue weighted by atomic mass is 16.5. The molecule has 12 atom stereocenters. The Morgan fingerprint density at radius 1 is 0.528 bits per heavy atom. The van der Waals surface area contributed by atoms with E-state index in [-0.39, 0.29) is 47.8 Å². The van der Waals surface area contributed by atoms with E-state index in [9.17, 15) is 19.2 Å². The topological polar surface area (TPSA) is 175 Å². The molecule has 4 N–H and O–H groups in total. The van der Waals surface area contributed by atoms with E-state index in [1.807, 2.05) is 49.9 Å². The quantitative estimate of drug-likeness (QED) is 0.0956. The Hall–Kier alpha value is -6.44. The SMILES string of the molecule is COC(=O)N[C@H](C(=O)N1C2CC2C[C@H]1c1ncc(-c2ccc(-c3ccc(-c4ccc(-c5cnc([C@@H]6CC7CC7N6C(=O)[C@@H](NC(=O)OC)C(C)C)[nH]5)c5c4C4CCC5C4)c4c3C3CCC4C3)cc2)[nH]1)C(C)C. The van der Waals surface area contributed by atoms with E-state index in [0.717, 1.165) is 54.3 Å². The van der Waals surface area contributed by atoms with Crippen LogP contribution in [0.4, 0.5) is 9.59 Å². The predicted molar refractivity (Wildman–Crippen MR) is 272 cm³/mol. The second kappa shape index (κ2) is 17.1. The number of hydrogen-bond acceptors (Lipinski definition) is 8. The molecule has 8 aliphatic rings. The van der Waals surface area contributed by atoms with Crippen LogP contribution < -0.4 is 10.6 Å². The zero-order valence-electron chi connectivity index (χ0n) is 42.2. The number of carbonyl (C=O) groups excluding carboxylic acids is 4. The van der Waals surface area contributed by atoms with Crippen molar-refractivity contribution < 1.29 is 28.7 Å². The lowest BCUT2D eigenvalue weighted by Gasteiger charge is -2.32. The largest absolute Gasteiger partial charge is 0.453 e. The van der Waals surface area contributed by atoms with Gasteiger partial charge in [-0.05, 0) is 162 Å². The summed E-state index contributed by atoms with van der Waals surface area (Å²) in [6.07, 6.45) is 13.7. The van der Waals surface area contributed by atoms with Crippen LogP contribution in [0.1, 0.15) is 162 Å². The number of nitrogens with zero attached hydrogens (tertiary/aromatic N) is 4. The van der Waals surface area contributed by atoms with Crippen molar-refractivity contribution in [3.8, 4) is 44.8 Å². The van der Waals surface area contributed by atoms with Crippen LogP contribution in [-0.4, -0.2) is 92.1 Å². The van der Waals surface area contributed by atoms with Crippen molar-refractivity contribution in [3.63, 3.8) is 0 Å². The number of benzene rings is 3. The molecular weight excluding hydrogens is 905 g/mol. The number of carbonyl (C=O) groups is 4. The van der Waals surface area contributed by atoms with Gasteiger partial charge in [-0.1, -0.05) is 76.2 Å². The maximum absolute atomic E-state index is 14.2. The summed E-state index contributed by atoms with van der Waals surface area (Å²) in [4.78, 5) is 73.8. The van der Waals surface area contributed by atoms with E-state index in [1.54, 1.807) is 11.1 Å². The number of imidazole rings is 2. The van der Waals surface area contributed by atoms with Gasteiger partial charge in [0, 0.05) is 17.6 Å². The first-order valence-corrected chi connectivity index (χ1v) is 26.8. The van der Waals surface area contributed by atoms with Crippen LogP contribution in [-0.2, 0) is 19.1 Å². The minimum absolute atomic E-state index is 0.0636. The molecule has 2 aliphatic heterocycles. The highest BCUT2D eigenvalue weighted by molar-refractivity contribution is 5.89. The van der Waals surface area contributed by atoms with Crippen molar-refractivity contribution in [3.05, 3.63) is 94.8 Å². The van der Waals surface area contributed by atoms with Gasteiger partial charge in [0.05, 0.1) is 50.1 Å². The van der Waals surface area contributed by atoms with Crippen LogP contribution in [0.3, 0.4) is 0 Å². The Balaban J connectivity index is 0.779. The number of aromatic amines is 2. The number of amides is 4. The molecule has 8 unspecified atom stereocenters. The number of methoxy groups -OCH3 is 2. The maximum Gasteiger partial charge on any atom is 0.407 e. The third kappa shape index (κ3) is 7.22. The van der Waals surface area contributed by atoms with E-state index < -0.39 is 24.3 Å². The molecule has 6 fully saturated rings. The minimum atomic E-state index is -0.671. The summed E-state index contributed by atoms with van der Waals surface area (Å²) in [6.45, 7) is 7.80. The van der Waals surface area contributed by atoms with Gasteiger partial charge in [-0.2, -0.15) is 0 Å².